The topological polar surface area (TPSA) is 0 Å². The zero-order valence-electron chi connectivity index (χ0n) is 15.0. The normalized spacial score (nSPS) is 15.9. The van der Waals surface area contributed by atoms with Gasteiger partial charge in [0.15, 0.2) is 0 Å². The zero-order chi connectivity index (χ0) is 15.6. The number of hydrogen-bond acceptors (Lipinski definition) is 0. The van der Waals surface area contributed by atoms with E-state index in [2.05, 4.69) is 26.8 Å². The molecule has 0 aromatic heterocycles. The summed E-state index contributed by atoms with van der Waals surface area (Å²) >= 11 is -2.19. The summed E-state index contributed by atoms with van der Waals surface area (Å²) in [5.74, 6) is 0. The predicted octanol–water partition coefficient (Wildman–Crippen LogP) is 7.43. The van der Waals surface area contributed by atoms with Gasteiger partial charge in [0, 0.05) is 0 Å². The van der Waals surface area contributed by atoms with E-state index < -0.39 is 18.4 Å². The number of rotatable bonds is 11. The molecule has 0 saturated carbocycles. The van der Waals surface area contributed by atoms with Crippen LogP contribution in [0.25, 0.3) is 0 Å². The summed E-state index contributed by atoms with van der Waals surface area (Å²) in [6.45, 7) is 11.8. The molecule has 0 spiro atoms. The van der Waals surface area contributed by atoms with Gasteiger partial charge in [-0.3, -0.25) is 0 Å². The maximum atomic E-state index is 4.73. The second-order valence-electron chi connectivity index (χ2n) is 7.04. The van der Waals surface area contributed by atoms with Gasteiger partial charge in [-0.05, 0) is 0 Å². The number of allylic oxidation sites excluding steroid dienone is 3. The molecule has 1 heteroatoms. The molecule has 0 saturated heterocycles. The molecule has 0 N–H and O–H groups in total. The van der Waals surface area contributed by atoms with E-state index in [1.54, 1.807) is 22.5 Å². The monoisotopic (exact) mass is 398 g/mol. The molecule has 0 radical (unpaired) electrons. The van der Waals surface area contributed by atoms with Crippen LogP contribution in [0.2, 0.25) is 13.3 Å². The van der Waals surface area contributed by atoms with Crippen molar-refractivity contribution in [3.63, 3.8) is 0 Å². The van der Waals surface area contributed by atoms with Gasteiger partial charge in [-0.15, -0.1) is 0 Å². The van der Waals surface area contributed by atoms with Crippen molar-refractivity contribution in [2.75, 3.05) is 0 Å². The summed E-state index contributed by atoms with van der Waals surface area (Å²) < 4.78 is 6.45. The van der Waals surface area contributed by atoms with Crippen molar-refractivity contribution < 1.29 is 0 Å². The maximum absolute atomic E-state index is 4.73. The van der Waals surface area contributed by atoms with Crippen molar-refractivity contribution in [3.05, 3.63) is 21.8 Å². The van der Waals surface area contributed by atoms with Crippen LogP contribution in [0.1, 0.15) is 85.0 Å². The van der Waals surface area contributed by atoms with Crippen LogP contribution in [-0.4, -0.2) is 18.4 Å². The van der Waals surface area contributed by atoms with Crippen molar-refractivity contribution in [1.29, 1.82) is 0 Å². The van der Waals surface area contributed by atoms with Gasteiger partial charge in [-0.2, -0.15) is 0 Å². The molecule has 0 nitrogen and oxygen atoms in total. The van der Waals surface area contributed by atoms with E-state index in [1.165, 1.54) is 64.2 Å². The summed E-state index contributed by atoms with van der Waals surface area (Å²) in [6.07, 6.45) is 16.5. The molecular formula is C20H38Sn. The van der Waals surface area contributed by atoms with Crippen LogP contribution in [0.15, 0.2) is 21.8 Å². The molecule has 1 aliphatic rings. The quantitative estimate of drug-likeness (QED) is 0.318. The summed E-state index contributed by atoms with van der Waals surface area (Å²) in [6, 6.07) is 0. The van der Waals surface area contributed by atoms with Crippen molar-refractivity contribution >= 4 is 18.4 Å². The zero-order valence-corrected chi connectivity index (χ0v) is 17.8. The van der Waals surface area contributed by atoms with Crippen molar-refractivity contribution in [1.82, 2.24) is 0 Å². The summed E-state index contributed by atoms with van der Waals surface area (Å²) in [5.41, 5.74) is 1.71. The van der Waals surface area contributed by atoms with Crippen LogP contribution in [0.4, 0.5) is 0 Å². The van der Waals surface area contributed by atoms with Gasteiger partial charge in [0.05, 0.1) is 0 Å². The Morgan fingerprint density at radius 3 is 1.86 bits per heavy atom. The first-order valence-corrected chi connectivity index (χ1v) is 17.1. The van der Waals surface area contributed by atoms with Gasteiger partial charge < -0.3 is 0 Å². The van der Waals surface area contributed by atoms with Gasteiger partial charge in [0.1, 0.15) is 0 Å². The van der Waals surface area contributed by atoms with Crippen LogP contribution in [-0.2, 0) is 0 Å². The minimum atomic E-state index is -2.19. The van der Waals surface area contributed by atoms with Crippen molar-refractivity contribution in [3.8, 4) is 0 Å². The van der Waals surface area contributed by atoms with Crippen molar-refractivity contribution in [2.45, 2.75) is 98.3 Å². The van der Waals surface area contributed by atoms with Crippen LogP contribution in [0, 0.1) is 0 Å². The third kappa shape index (κ3) is 6.12. The average Bonchev–Trinajstić information content (AvgIpc) is 2.55. The fourth-order valence-electron chi connectivity index (χ4n) is 3.83. The summed E-state index contributed by atoms with van der Waals surface area (Å²) in [5, 5.41) is 0. The molecule has 21 heavy (non-hydrogen) atoms. The first-order valence-electron chi connectivity index (χ1n) is 9.59. The van der Waals surface area contributed by atoms with Gasteiger partial charge in [0.25, 0.3) is 0 Å². The van der Waals surface area contributed by atoms with E-state index in [1.807, 2.05) is 0 Å². The second-order valence-corrected chi connectivity index (χ2v) is 20.4. The molecule has 0 fully saturated rings. The number of unbranched alkanes of at least 4 members (excludes halogenated alkanes) is 3. The number of hydrogen-bond donors (Lipinski definition) is 0. The minimum absolute atomic E-state index is 1.31. The standard InChI is InChI=1S/C8H11.3C4H9.Sn/c1-2-8-6-4-3-5-7-8;3*1-3-4-2;/h6H,1,3-5,7H2;3*1,3-4H2,2H3;. The Labute approximate surface area is 138 Å². The van der Waals surface area contributed by atoms with Gasteiger partial charge in [-0.1, -0.05) is 0 Å². The molecule has 0 aliphatic heterocycles. The summed E-state index contributed by atoms with van der Waals surface area (Å²) in [7, 11) is 0. The van der Waals surface area contributed by atoms with Crippen LogP contribution < -0.4 is 0 Å². The average molecular weight is 397 g/mol. The molecule has 0 atom stereocenters. The van der Waals surface area contributed by atoms with E-state index in [9.17, 15) is 0 Å². The Morgan fingerprint density at radius 2 is 1.48 bits per heavy atom. The molecule has 0 amide bonds. The molecular weight excluding hydrogens is 359 g/mol. The molecule has 0 unspecified atom stereocenters. The Hall–Kier alpha value is 0.279. The molecule has 1 rings (SSSR count). The SMILES string of the molecule is C=[C](C1=CCCCC1)[Sn]([CH2]CCC)([CH2]CCC)[CH2]CCC. The van der Waals surface area contributed by atoms with E-state index in [0.29, 0.717) is 0 Å². The first kappa shape index (κ1) is 19.3. The van der Waals surface area contributed by atoms with Gasteiger partial charge in [0.2, 0.25) is 0 Å². The Kier molecular flexibility index (Phi) is 10.0. The molecule has 0 aromatic rings. The Bertz CT molecular complexity index is 305. The predicted molar refractivity (Wildman–Crippen MR) is 101 cm³/mol. The molecule has 122 valence electrons. The summed E-state index contributed by atoms with van der Waals surface area (Å²) in [4.78, 5) is 0. The van der Waals surface area contributed by atoms with Gasteiger partial charge >= 0.3 is 138 Å². The molecule has 0 bridgehead atoms. The second kappa shape index (κ2) is 10.9. The van der Waals surface area contributed by atoms with E-state index in [0.717, 1.165) is 0 Å². The molecule has 1 aliphatic carbocycles. The van der Waals surface area contributed by atoms with Gasteiger partial charge in [-0.25, -0.2) is 0 Å². The van der Waals surface area contributed by atoms with E-state index in [-0.39, 0.29) is 0 Å². The Morgan fingerprint density at radius 1 is 0.952 bits per heavy atom. The van der Waals surface area contributed by atoms with Crippen LogP contribution in [0.3, 0.4) is 0 Å². The fraction of sp³-hybridized carbons (Fsp3) is 0.800. The third-order valence-electron chi connectivity index (χ3n) is 5.35. The fourth-order valence-corrected chi connectivity index (χ4v) is 20.0. The van der Waals surface area contributed by atoms with E-state index in [4.69, 9.17) is 6.58 Å². The Balaban J connectivity index is 2.92. The van der Waals surface area contributed by atoms with Crippen molar-refractivity contribution in [2.24, 2.45) is 0 Å². The first-order chi connectivity index (χ1) is 10.2. The molecule has 0 heterocycles. The van der Waals surface area contributed by atoms with Crippen LogP contribution >= 0.6 is 0 Å². The molecule has 0 aromatic carbocycles. The van der Waals surface area contributed by atoms with E-state index >= 15 is 0 Å². The van der Waals surface area contributed by atoms with Crippen LogP contribution in [0.5, 0.6) is 0 Å². The third-order valence-corrected chi connectivity index (χ3v) is 21.1.